The number of rotatable bonds is 5. The molecule has 2 amide bonds. The van der Waals surface area contributed by atoms with Crippen molar-refractivity contribution < 1.29 is 9.59 Å². The van der Waals surface area contributed by atoms with E-state index in [1.165, 1.54) is 12.5 Å². The standard InChI is InChI=1S/C19H21N3O2/c1-13(2)16-9-7-15(8-10-16)12-20-22-19(24)17-5-4-6-18(11-17)21-14(3)23/h4-13H,1-3H3,(H,21,23)(H,22,24). The van der Waals surface area contributed by atoms with Crippen LogP contribution in [0.25, 0.3) is 0 Å². The van der Waals surface area contributed by atoms with E-state index in [4.69, 9.17) is 0 Å². The highest BCUT2D eigenvalue weighted by atomic mass is 16.2. The van der Waals surface area contributed by atoms with Crippen molar-refractivity contribution in [3.63, 3.8) is 0 Å². The second-order valence-corrected chi connectivity index (χ2v) is 5.78. The zero-order valence-electron chi connectivity index (χ0n) is 14.0. The molecule has 0 aliphatic heterocycles. The maximum absolute atomic E-state index is 12.1. The number of hydrogen-bond acceptors (Lipinski definition) is 3. The molecule has 2 aromatic carbocycles. The predicted molar refractivity (Wildman–Crippen MR) is 96.3 cm³/mol. The van der Waals surface area contributed by atoms with Crippen LogP contribution in [0.1, 0.15) is 48.2 Å². The Kier molecular flexibility index (Phi) is 5.84. The largest absolute Gasteiger partial charge is 0.326 e. The van der Waals surface area contributed by atoms with E-state index in [1.54, 1.807) is 30.5 Å². The summed E-state index contributed by atoms with van der Waals surface area (Å²) in [6.45, 7) is 5.69. The minimum atomic E-state index is -0.336. The zero-order valence-corrected chi connectivity index (χ0v) is 14.0. The maximum Gasteiger partial charge on any atom is 0.271 e. The smallest absolute Gasteiger partial charge is 0.271 e. The van der Waals surface area contributed by atoms with Crippen LogP contribution in [-0.4, -0.2) is 18.0 Å². The maximum atomic E-state index is 12.1. The lowest BCUT2D eigenvalue weighted by Gasteiger charge is -2.05. The number of carbonyl (C=O) groups excluding carboxylic acids is 2. The number of nitrogens with one attached hydrogen (secondary N) is 2. The Hall–Kier alpha value is -2.95. The Labute approximate surface area is 141 Å². The molecule has 0 atom stereocenters. The minimum absolute atomic E-state index is 0.185. The van der Waals surface area contributed by atoms with Gasteiger partial charge in [-0.1, -0.05) is 44.2 Å². The number of anilines is 1. The van der Waals surface area contributed by atoms with Gasteiger partial charge in [0.1, 0.15) is 0 Å². The van der Waals surface area contributed by atoms with Crippen molar-refractivity contribution in [3.05, 3.63) is 65.2 Å². The molecule has 0 aliphatic rings. The molecule has 0 unspecified atom stereocenters. The van der Waals surface area contributed by atoms with E-state index in [0.717, 1.165) is 5.56 Å². The second kappa shape index (κ2) is 8.06. The molecule has 0 radical (unpaired) electrons. The highest BCUT2D eigenvalue weighted by Gasteiger charge is 2.05. The number of carbonyl (C=O) groups is 2. The van der Waals surface area contributed by atoms with Gasteiger partial charge >= 0.3 is 0 Å². The molecule has 0 saturated heterocycles. The highest BCUT2D eigenvalue weighted by molar-refractivity contribution is 5.97. The highest BCUT2D eigenvalue weighted by Crippen LogP contribution is 2.14. The number of hydrogen-bond donors (Lipinski definition) is 2. The molecule has 0 heterocycles. The van der Waals surface area contributed by atoms with Gasteiger partial charge in [-0.05, 0) is 35.2 Å². The lowest BCUT2D eigenvalue weighted by atomic mass is 10.0. The predicted octanol–water partition coefficient (Wildman–Crippen LogP) is 3.53. The third kappa shape index (κ3) is 5.05. The molecule has 2 rings (SSSR count). The Morgan fingerprint density at radius 3 is 2.42 bits per heavy atom. The van der Waals surface area contributed by atoms with Gasteiger partial charge in [0.05, 0.1) is 6.21 Å². The molecule has 0 bridgehead atoms. The van der Waals surface area contributed by atoms with E-state index >= 15 is 0 Å². The molecule has 24 heavy (non-hydrogen) atoms. The van der Waals surface area contributed by atoms with Gasteiger partial charge in [0.2, 0.25) is 5.91 Å². The third-order valence-electron chi connectivity index (χ3n) is 3.43. The summed E-state index contributed by atoms with van der Waals surface area (Å²) < 4.78 is 0. The van der Waals surface area contributed by atoms with Crippen molar-refractivity contribution in [3.8, 4) is 0 Å². The third-order valence-corrected chi connectivity index (χ3v) is 3.43. The first-order valence-corrected chi connectivity index (χ1v) is 7.76. The molecule has 0 spiro atoms. The summed E-state index contributed by atoms with van der Waals surface area (Å²) >= 11 is 0. The molecule has 5 nitrogen and oxygen atoms in total. The quantitative estimate of drug-likeness (QED) is 0.653. The Bertz CT molecular complexity index is 749. The fraction of sp³-hybridized carbons (Fsp3) is 0.211. The van der Waals surface area contributed by atoms with E-state index in [0.29, 0.717) is 17.2 Å². The summed E-state index contributed by atoms with van der Waals surface area (Å²) in [4.78, 5) is 23.1. The van der Waals surface area contributed by atoms with Crippen LogP contribution in [0, 0.1) is 0 Å². The normalized spacial score (nSPS) is 10.8. The number of hydrazone groups is 1. The van der Waals surface area contributed by atoms with Gasteiger partial charge in [0.15, 0.2) is 0 Å². The molecule has 2 N–H and O–H groups in total. The number of benzene rings is 2. The first-order valence-electron chi connectivity index (χ1n) is 7.76. The van der Waals surface area contributed by atoms with Crippen molar-refractivity contribution in [1.82, 2.24) is 5.43 Å². The Morgan fingerprint density at radius 1 is 1.08 bits per heavy atom. The van der Waals surface area contributed by atoms with Crippen molar-refractivity contribution in [2.75, 3.05) is 5.32 Å². The van der Waals surface area contributed by atoms with Crippen molar-refractivity contribution >= 4 is 23.7 Å². The molecule has 0 saturated carbocycles. The van der Waals surface area contributed by atoms with E-state index in [-0.39, 0.29) is 11.8 Å². The fourth-order valence-corrected chi connectivity index (χ4v) is 2.14. The average molecular weight is 323 g/mol. The van der Waals surface area contributed by atoms with Crippen LogP contribution in [0.15, 0.2) is 53.6 Å². The van der Waals surface area contributed by atoms with Crippen molar-refractivity contribution in [1.29, 1.82) is 0 Å². The summed E-state index contributed by atoms with van der Waals surface area (Å²) in [7, 11) is 0. The Morgan fingerprint density at radius 2 is 1.79 bits per heavy atom. The van der Waals surface area contributed by atoms with E-state index in [9.17, 15) is 9.59 Å². The summed E-state index contributed by atoms with van der Waals surface area (Å²) in [6.07, 6.45) is 1.60. The van der Waals surface area contributed by atoms with E-state index in [1.807, 2.05) is 24.3 Å². The second-order valence-electron chi connectivity index (χ2n) is 5.78. The van der Waals surface area contributed by atoms with E-state index < -0.39 is 0 Å². The molecule has 124 valence electrons. The van der Waals surface area contributed by atoms with Crippen LogP contribution in [-0.2, 0) is 4.79 Å². The summed E-state index contributed by atoms with van der Waals surface area (Å²) in [5, 5.41) is 6.61. The number of amides is 2. The van der Waals surface area contributed by atoms with Gasteiger partial charge in [0, 0.05) is 18.2 Å². The minimum Gasteiger partial charge on any atom is -0.326 e. The van der Waals surface area contributed by atoms with Crippen LogP contribution in [0.3, 0.4) is 0 Å². The lowest BCUT2D eigenvalue weighted by Crippen LogP contribution is -2.18. The van der Waals surface area contributed by atoms with Gasteiger partial charge in [-0.25, -0.2) is 5.43 Å². The lowest BCUT2D eigenvalue weighted by molar-refractivity contribution is -0.114. The van der Waals surface area contributed by atoms with Gasteiger partial charge in [-0.2, -0.15) is 5.10 Å². The van der Waals surface area contributed by atoms with Gasteiger partial charge in [-0.15, -0.1) is 0 Å². The zero-order chi connectivity index (χ0) is 17.5. The molecule has 5 heteroatoms. The number of nitrogens with zero attached hydrogens (tertiary/aromatic N) is 1. The van der Waals surface area contributed by atoms with Crippen LogP contribution in [0.4, 0.5) is 5.69 Å². The van der Waals surface area contributed by atoms with Gasteiger partial charge < -0.3 is 5.32 Å². The van der Waals surface area contributed by atoms with Gasteiger partial charge in [0.25, 0.3) is 5.91 Å². The first-order chi connectivity index (χ1) is 11.5. The molecule has 0 fully saturated rings. The molecular weight excluding hydrogens is 302 g/mol. The van der Waals surface area contributed by atoms with Crippen molar-refractivity contribution in [2.45, 2.75) is 26.7 Å². The molecule has 0 aliphatic carbocycles. The first kappa shape index (κ1) is 17.4. The monoisotopic (exact) mass is 323 g/mol. The van der Waals surface area contributed by atoms with Crippen LogP contribution in [0.5, 0.6) is 0 Å². The summed E-state index contributed by atoms with van der Waals surface area (Å²) in [5.74, 6) is -0.0424. The summed E-state index contributed by atoms with van der Waals surface area (Å²) in [5.41, 5.74) is 5.64. The molecule has 2 aromatic rings. The van der Waals surface area contributed by atoms with Crippen molar-refractivity contribution in [2.24, 2.45) is 5.10 Å². The van der Waals surface area contributed by atoms with Crippen LogP contribution in [0.2, 0.25) is 0 Å². The van der Waals surface area contributed by atoms with Crippen LogP contribution < -0.4 is 10.7 Å². The fourth-order valence-electron chi connectivity index (χ4n) is 2.14. The summed E-state index contributed by atoms with van der Waals surface area (Å²) in [6, 6.07) is 14.7. The van der Waals surface area contributed by atoms with E-state index in [2.05, 4.69) is 29.7 Å². The SMILES string of the molecule is CC(=O)Nc1cccc(C(=O)NN=Cc2ccc(C(C)C)cc2)c1. The average Bonchev–Trinajstić information content (AvgIpc) is 2.55. The molecular formula is C19H21N3O2. The van der Waals surface area contributed by atoms with Crippen LogP contribution >= 0.6 is 0 Å². The Balaban J connectivity index is 1.98. The molecule has 0 aromatic heterocycles. The topological polar surface area (TPSA) is 70.6 Å². The van der Waals surface area contributed by atoms with Gasteiger partial charge in [-0.3, -0.25) is 9.59 Å².